The van der Waals surface area contributed by atoms with Crippen molar-refractivity contribution < 1.29 is 4.74 Å². The Morgan fingerprint density at radius 1 is 1.17 bits per heavy atom. The first kappa shape index (κ1) is 18.2. The predicted molar refractivity (Wildman–Crippen MR) is 94.1 cm³/mol. The predicted octanol–water partition coefficient (Wildman–Crippen LogP) is 1.51. The van der Waals surface area contributed by atoms with Crippen LogP contribution in [0.2, 0.25) is 0 Å². The molecule has 0 aliphatic carbocycles. The van der Waals surface area contributed by atoms with Crippen molar-refractivity contribution in [1.82, 2.24) is 14.9 Å². The van der Waals surface area contributed by atoms with Crippen LogP contribution in [0.4, 0.5) is 0 Å². The molecule has 0 fully saturated rings. The molecular weight excluding hydrogens is 306 g/mol. The Labute approximate surface area is 141 Å². The zero-order chi connectivity index (χ0) is 17.4. The molecule has 6 nitrogen and oxygen atoms in total. The number of benzene rings is 1. The highest BCUT2D eigenvalue weighted by Gasteiger charge is 2.16. The van der Waals surface area contributed by atoms with Gasteiger partial charge >= 0.3 is 5.69 Å². The van der Waals surface area contributed by atoms with Gasteiger partial charge in [-0.25, -0.2) is 4.79 Å². The van der Waals surface area contributed by atoms with E-state index in [1.165, 1.54) is 22.4 Å². The van der Waals surface area contributed by atoms with Crippen LogP contribution < -0.4 is 16.6 Å². The third-order valence-electron chi connectivity index (χ3n) is 3.86. The Bertz CT molecular complexity index is 735. The van der Waals surface area contributed by atoms with Crippen molar-refractivity contribution in [3.63, 3.8) is 0 Å². The lowest BCUT2D eigenvalue weighted by Gasteiger charge is -2.26. The third kappa shape index (κ3) is 6.14. The van der Waals surface area contributed by atoms with Gasteiger partial charge in [0.1, 0.15) is 6.73 Å². The molecule has 0 bridgehead atoms. The number of rotatable bonds is 9. The minimum atomic E-state index is -0.456. The summed E-state index contributed by atoms with van der Waals surface area (Å²) in [6, 6.07) is 11.7. The van der Waals surface area contributed by atoms with Crippen LogP contribution in [0.5, 0.6) is 0 Å². The van der Waals surface area contributed by atoms with Gasteiger partial charge in [0.25, 0.3) is 5.56 Å². The molecule has 0 aliphatic rings. The van der Waals surface area contributed by atoms with Gasteiger partial charge in [0.2, 0.25) is 0 Å². The normalized spacial score (nSPS) is 11.6. The van der Waals surface area contributed by atoms with Crippen LogP contribution in [-0.4, -0.2) is 28.2 Å². The van der Waals surface area contributed by atoms with E-state index in [-0.39, 0.29) is 12.3 Å². The van der Waals surface area contributed by atoms with Crippen molar-refractivity contribution in [3.05, 3.63) is 69.0 Å². The lowest BCUT2D eigenvalue weighted by atomic mass is 10.0. The van der Waals surface area contributed by atoms with Gasteiger partial charge < -0.3 is 10.1 Å². The summed E-state index contributed by atoms with van der Waals surface area (Å²) in [5.41, 5.74) is 0.405. The lowest BCUT2D eigenvalue weighted by Crippen LogP contribution is -2.41. The Kier molecular flexibility index (Phi) is 6.52. The summed E-state index contributed by atoms with van der Waals surface area (Å²) in [4.78, 5) is 24.7. The van der Waals surface area contributed by atoms with E-state index in [1.807, 2.05) is 18.2 Å². The van der Waals surface area contributed by atoms with Gasteiger partial charge in [0.05, 0.1) is 6.61 Å². The first-order valence-corrected chi connectivity index (χ1v) is 8.13. The van der Waals surface area contributed by atoms with Crippen molar-refractivity contribution in [3.8, 4) is 0 Å². The molecule has 0 saturated heterocycles. The van der Waals surface area contributed by atoms with Crippen molar-refractivity contribution in [1.29, 1.82) is 0 Å². The van der Waals surface area contributed by atoms with E-state index in [0.717, 1.165) is 19.4 Å². The number of H-pyrrole nitrogens is 1. The molecule has 2 aromatic rings. The molecule has 1 heterocycles. The molecule has 0 radical (unpaired) electrons. The molecule has 1 aromatic carbocycles. The maximum atomic E-state index is 11.5. The topological polar surface area (TPSA) is 76.1 Å². The largest absolute Gasteiger partial charge is 0.361 e. The summed E-state index contributed by atoms with van der Waals surface area (Å²) in [6.45, 7) is 5.82. The molecule has 0 amide bonds. The SMILES string of the molecule is CC(C)(CCOCn1ccc(=O)[nH]c1=O)NCCc1ccccc1. The van der Waals surface area contributed by atoms with Gasteiger partial charge in [-0.2, -0.15) is 0 Å². The summed E-state index contributed by atoms with van der Waals surface area (Å²) >= 11 is 0. The fourth-order valence-electron chi connectivity index (χ4n) is 2.31. The number of aromatic nitrogens is 2. The van der Waals surface area contributed by atoms with Crippen molar-refractivity contribution >= 4 is 0 Å². The summed E-state index contributed by atoms with van der Waals surface area (Å²) in [7, 11) is 0. The second-order valence-corrected chi connectivity index (χ2v) is 6.41. The van der Waals surface area contributed by atoms with E-state index in [9.17, 15) is 9.59 Å². The van der Waals surface area contributed by atoms with Gasteiger partial charge in [0.15, 0.2) is 0 Å². The molecule has 0 saturated carbocycles. The fourth-order valence-corrected chi connectivity index (χ4v) is 2.31. The number of ether oxygens (including phenoxy) is 1. The summed E-state index contributed by atoms with van der Waals surface area (Å²) in [5.74, 6) is 0. The zero-order valence-electron chi connectivity index (χ0n) is 14.2. The molecule has 2 rings (SSSR count). The van der Waals surface area contributed by atoms with E-state index in [0.29, 0.717) is 6.61 Å². The number of aromatic amines is 1. The van der Waals surface area contributed by atoms with Crippen LogP contribution in [0.1, 0.15) is 25.8 Å². The van der Waals surface area contributed by atoms with Crippen LogP contribution >= 0.6 is 0 Å². The third-order valence-corrected chi connectivity index (χ3v) is 3.86. The van der Waals surface area contributed by atoms with Gasteiger partial charge in [-0.05, 0) is 38.8 Å². The average molecular weight is 331 g/mol. The van der Waals surface area contributed by atoms with E-state index in [2.05, 4.69) is 36.3 Å². The molecule has 1 aromatic heterocycles. The Balaban J connectivity index is 1.68. The molecule has 6 heteroatoms. The standard InChI is InChI=1S/C18H25N3O3/c1-18(2,19-11-8-15-6-4-3-5-7-15)10-13-24-14-21-12-9-16(22)20-17(21)23/h3-7,9,12,19H,8,10-11,13-14H2,1-2H3,(H,20,22,23). The van der Waals surface area contributed by atoms with Gasteiger partial charge in [-0.15, -0.1) is 0 Å². The monoisotopic (exact) mass is 331 g/mol. The first-order valence-electron chi connectivity index (χ1n) is 8.13. The Morgan fingerprint density at radius 3 is 2.62 bits per heavy atom. The Hall–Kier alpha value is -2.18. The zero-order valence-corrected chi connectivity index (χ0v) is 14.2. The first-order chi connectivity index (χ1) is 11.5. The number of hydrogen-bond acceptors (Lipinski definition) is 4. The smallest absolute Gasteiger partial charge is 0.330 e. The molecule has 24 heavy (non-hydrogen) atoms. The molecular formula is C18H25N3O3. The average Bonchev–Trinajstić information content (AvgIpc) is 2.54. The highest BCUT2D eigenvalue weighted by molar-refractivity contribution is 5.14. The van der Waals surface area contributed by atoms with E-state index >= 15 is 0 Å². The summed E-state index contributed by atoms with van der Waals surface area (Å²) < 4.78 is 6.87. The minimum absolute atomic E-state index is 0.0509. The maximum Gasteiger partial charge on any atom is 0.330 e. The van der Waals surface area contributed by atoms with Crippen LogP contribution in [0.25, 0.3) is 0 Å². The lowest BCUT2D eigenvalue weighted by molar-refractivity contribution is 0.0595. The molecule has 0 aliphatic heterocycles. The van der Waals surface area contributed by atoms with Crippen LogP contribution in [0, 0.1) is 0 Å². The highest BCUT2D eigenvalue weighted by Crippen LogP contribution is 2.09. The molecule has 0 spiro atoms. The second-order valence-electron chi connectivity index (χ2n) is 6.41. The van der Waals surface area contributed by atoms with Gasteiger partial charge in [0, 0.05) is 17.8 Å². The molecule has 2 N–H and O–H groups in total. The highest BCUT2D eigenvalue weighted by atomic mass is 16.5. The molecule has 0 atom stereocenters. The molecule has 130 valence electrons. The van der Waals surface area contributed by atoms with Crippen LogP contribution in [-0.2, 0) is 17.9 Å². The van der Waals surface area contributed by atoms with Crippen molar-refractivity contribution in [2.75, 3.05) is 13.2 Å². The Morgan fingerprint density at radius 2 is 1.92 bits per heavy atom. The second kappa shape index (κ2) is 8.61. The summed E-state index contributed by atoms with van der Waals surface area (Å²) in [6.07, 6.45) is 3.24. The van der Waals surface area contributed by atoms with Crippen molar-refractivity contribution in [2.24, 2.45) is 0 Å². The van der Waals surface area contributed by atoms with Gasteiger partial charge in [-0.1, -0.05) is 30.3 Å². The van der Waals surface area contributed by atoms with E-state index in [4.69, 9.17) is 4.74 Å². The number of nitrogens with one attached hydrogen (secondary N) is 2. The van der Waals surface area contributed by atoms with Crippen molar-refractivity contribution in [2.45, 2.75) is 39.0 Å². The summed E-state index contributed by atoms with van der Waals surface area (Å²) in [5, 5.41) is 3.53. The van der Waals surface area contributed by atoms with Crippen LogP contribution in [0.15, 0.2) is 52.2 Å². The minimum Gasteiger partial charge on any atom is -0.361 e. The maximum absolute atomic E-state index is 11.5. The fraction of sp³-hybridized carbons (Fsp3) is 0.444. The molecule has 0 unspecified atom stereocenters. The van der Waals surface area contributed by atoms with E-state index < -0.39 is 11.2 Å². The quantitative estimate of drug-likeness (QED) is 0.683. The number of hydrogen-bond donors (Lipinski definition) is 2. The number of nitrogens with zero attached hydrogens (tertiary/aromatic N) is 1. The van der Waals surface area contributed by atoms with Crippen LogP contribution in [0.3, 0.4) is 0 Å². The van der Waals surface area contributed by atoms with E-state index in [1.54, 1.807) is 0 Å². The van der Waals surface area contributed by atoms with Gasteiger partial charge in [-0.3, -0.25) is 14.3 Å².